The van der Waals surface area contributed by atoms with E-state index < -0.39 is 0 Å². The maximum absolute atomic E-state index is 12.4. The molecule has 8 heteroatoms. The van der Waals surface area contributed by atoms with Crippen LogP contribution in [0.5, 0.6) is 0 Å². The largest absolute Gasteiger partial charge is 0.360 e. The lowest BCUT2D eigenvalue weighted by Gasteiger charge is -2.31. The number of likely N-dealkylation sites (tertiary alicyclic amines) is 1. The van der Waals surface area contributed by atoms with Crippen molar-refractivity contribution in [2.24, 2.45) is 5.92 Å². The number of nitrogens with zero attached hydrogens (tertiary/aromatic N) is 2. The number of amides is 2. The first-order valence-corrected chi connectivity index (χ1v) is 11.1. The number of para-hydroxylation sites is 1. The highest BCUT2D eigenvalue weighted by Crippen LogP contribution is 2.25. The van der Waals surface area contributed by atoms with Gasteiger partial charge in [-0.25, -0.2) is 4.98 Å². The van der Waals surface area contributed by atoms with Gasteiger partial charge in [0.25, 0.3) is 5.91 Å². The molecule has 1 saturated heterocycles. The molecule has 0 saturated carbocycles. The predicted molar refractivity (Wildman–Crippen MR) is 114 cm³/mol. The fourth-order valence-corrected chi connectivity index (χ4v) is 4.93. The van der Waals surface area contributed by atoms with Gasteiger partial charge < -0.3 is 15.5 Å². The van der Waals surface area contributed by atoms with Crippen molar-refractivity contribution in [2.75, 3.05) is 31.5 Å². The lowest BCUT2D eigenvalue weighted by molar-refractivity contribution is -0.126. The van der Waals surface area contributed by atoms with E-state index in [0.29, 0.717) is 39.0 Å². The van der Waals surface area contributed by atoms with Crippen molar-refractivity contribution in [3.63, 3.8) is 0 Å². The van der Waals surface area contributed by atoms with Crippen molar-refractivity contribution in [3.8, 4) is 0 Å². The Morgan fingerprint density at radius 1 is 1.11 bits per heavy atom. The van der Waals surface area contributed by atoms with Gasteiger partial charge in [-0.1, -0.05) is 29.5 Å². The Bertz CT molecular complexity index is 913. The molecular formula is C20H22N4O2S2. The number of anilines is 1. The molecule has 28 heavy (non-hydrogen) atoms. The number of nitrogens with one attached hydrogen (secondary N) is 2. The van der Waals surface area contributed by atoms with E-state index in [4.69, 9.17) is 0 Å². The molecule has 0 atom stereocenters. The number of thiazole rings is 1. The highest BCUT2D eigenvalue weighted by atomic mass is 32.1. The molecule has 0 bridgehead atoms. The summed E-state index contributed by atoms with van der Waals surface area (Å²) in [5.74, 6) is 0.137. The minimum atomic E-state index is -0.0187. The highest BCUT2D eigenvalue weighted by Gasteiger charge is 2.27. The Kier molecular flexibility index (Phi) is 5.87. The Balaban J connectivity index is 1.18. The van der Waals surface area contributed by atoms with E-state index in [0.717, 1.165) is 20.2 Å². The van der Waals surface area contributed by atoms with Gasteiger partial charge in [-0.05, 0) is 36.4 Å². The van der Waals surface area contributed by atoms with Gasteiger partial charge in [-0.2, -0.15) is 0 Å². The SMILES string of the molecule is O=C(NCCNc1nc2ccccc2s1)C1CCN(C(=O)c2cccs2)CC1. The van der Waals surface area contributed by atoms with E-state index in [1.54, 1.807) is 11.3 Å². The molecule has 0 aliphatic carbocycles. The van der Waals surface area contributed by atoms with Crippen molar-refractivity contribution in [3.05, 3.63) is 46.7 Å². The van der Waals surface area contributed by atoms with Gasteiger partial charge >= 0.3 is 0 Å². The van der Waals surface area contributed by atoms with E-state index in [1.807, 2.05) is 40.6 Å². The number of carbonyl (C=O) groups is 2. The summed E-state index contributed by atoms with van der Waals surface area (Å²) in [5, 5.41) is 9.06. The summed E-state index contributed by atoms with van der Waals surface area (Å²) in [6.45, 7) is 2.47. The van der Waals surface area contributed by atoms with Crippen LogP contribution in [0, 0.1) is 5.92 Å². The third-order valence-electron chi connectivity index (χ3n) is 4.88. The summed E-state index contributed by atoms with van der Waals surface area (Å²) < 4.78 is 1.15. The molecule has 2 aromatic heterocycles. The zero-order chi connectivity index (χ0) is 19.3. The molecule has 1 fully saturated rings. The van der Waals surface area contributed by atoms with Crippen LogP contribution in [-0.4, -0.2) is 47.9 Å². The van der Waals surface area contributed by atoms with Gasteiger partial charge in [0, 0.05) is 32.1 Å². The van der Waals surface area contributed by atoms with Gasteiger partial charge in [0.15, 0.2) is 5.13 Å². The van der Waals surface area contributed by atoms with Crippen molar-refractivity contribution < 1.29 is 9.59 Å². The molecule has 2 N–H and O–H groups in total. The normalized spacial score (nSPS) is 14.9. The zero-order valence-corrected chi connectivity index (χ0v) is 17.0. The van der Waals surface area contributed by atoms with Crippen LogP contribution >= 0.6 is 22.7 Å². The average Bonchev–Trinajstić information content (AvgIpc) is 3.40. The van der Waals surface area contributed by atoms with Crippen LogP contribution in [0.15, 0.2) is 41.8 Å². The average molecular weight is 415 g/mol. The lowest BCUT2D eigenvalue weighted by Crippen LogP contribution is -2.43. The summed E-state index contributed by atoms with van der Waals surface area (Å²) >= 11 is 3.08. The first kappa shape index (κ1) is 18.9. The monoisotopic (exact) mass is 414 g/mol. The molecule has 146 valence electrons. The van der Waals surface area contributed by atoms with E-state index >= 15 is 0 Å². The molecule has 0 spiro atoms. The number of carbonyl (C=O) groups excluding carboxylic acids is 2. The fourth-order valence-electron chi connectivity index (χ4n) is 3.35. The van der Waals surface area contributed by atoms with E-state index in [1.165, 1.54) is 11.3 Å². The maximum Gasteiger partial charge on any atom is 0.263 e. The third-order valence-corrected chi connectivity index (χ3v) is 6.73. The van der Waals surface area contributed by atoms with Gasteiger partial charge in [0.1, 0.15) is 0 Å². The summed E-state index contributed by atoms with van der Waals surface area (Å²) in [7, 11) is 0. The van der Waals surface area contributed by atoms with Crippen LogP contribution < -0.4 is 10.6 Å². The molecule has 3 aromatic rings. The number of piperidine rings is 1. The van der Waals surface area contributed by atoms with Crippen LogP contribution in [0.25, 0.3) is 10.2 Å². The molecule has 0 radical (unpaired) electrons. The minimum Gasteiger partial charge on any atom is -0.360 e. The van der Waals surface area contributed by atoms with Crippen molar-refractivity contribution in [1.82, 2.24) is 15.2 Å². The van der Waals surface area contributed by atoms with Crippen molar-refractivity contribution in [1.29, 1.82) is 0 Å². The van der Waals surface area contributed by atoms with Gasteiger partial charge in [-0.15, -0.1) is 11.3 Å². The van der Waals surface area contributed by atoms with Crippen LogP contribution in [0.4, 0.5) is 5.13 Å². The van der Waals surface area contributed by atoms with Gasteiger partial charge in [-0.3, -0.25) is 9.59 Å². The van der Waals surface area contributed by atoms with E-state index in [-0.39, 0.29) is 17.7 Å². The number of hydrogen-bond donors (Lipinski definition) is 2. The molecule has 2 amide bonds. The van der Waals surface area contributed by atoms with E-state index in [9.17, 15) is 9.59 Å². The summed E-state index contributed by atoms with van der Waals surface area (Å²) in [5.41, 5.74) is 0.989. The third kappa shape index (κ3) is 4.34. The molecule has 3 heterocycles. The molecule has 0 unspecified atom stereocenters. The molecule has 1 aliphatic rings. The fraction of sp³-hybridized carbons (Fsp3) is 0.350. The predicted octanol–water partition coefficient (Wildman–Crippen LogP) is 3.44. The summed E-state index contributed by atoms with van der Waals surface area (Å²) in [6.07, 6.45) is 1.43. The number of rotatable bonds is 6. The standard InChI is InChI=1S/C20H22N4O2S2/c25-18(14-7-11-24(12-8-14)19(26)17-6-3-13-27-17)21-9-10-22-20-23-15-4-1-2-5-16(15)28-20/h1-6,13-14H,7-12H2,(H,21,25)(H,22,23). The second-order valence-corrected chi connectivity index (χ2v) is 8.73. The number of hydrogen-bond acceptors (Lipinski definition) is 6. The number of aromatic nitrogens is 1. The molecule has 6 nitrogen and oxygen atoms in total. The zero-order valence-electron chi connectivity index (χ0n) is 15.4. The first-order chi connectivity index (χ1) is 13.7. The van der Waals surface area contributed by atoms with Crippen LogP contribution in [0.2, 0.25) is 0 Å². The van der Waals surface area contributed by atoms with Gasteiger partial charge in [0.05, 0.1) is 15.1 Å². The topological polar surface area (TPSA) is 74.3 Å². The Morgan fingerprint density at radius 2 is 1.93 bits per heavy atom. The van der Waals surface area contributed by atoms with Crippen LogP contribution in [-0.2, 0) is 4.79 Å². The second-order valence-electron chi connectivity index (χ2n) is 6.75. The smallest absolute Gasteiger partial charge is 0.263 e. The summed E-state index contributed by atoms with van der Waals surface area (Å²) in [6, 6.07) is 11.8. The second kappa shape index (κ2) is 8.70. The summed E-state index contributed by atoms with van der Waals surface area (Å²) in [4.78, 5) is 31.9. The molecule has 4 rings (SSSR count). The number of thiophene rings is 1. The van der Waals surface area contributed by atoms with Crippen molar-refractivity contribution >= 4 is 49.8 Å². The Morgan fingerprint density at radius 3 is 2.68 bits per heavy atom. The molecule has 1 aliphatic heterocycles. The van der Waals surface area contributed by atoms with Crippen LogP contribution in [0.1, 0.15) is 22.5 Å². The molecule has 1 aromatic carbocycles. The molecular weight excluding hydrogens is 392 g/mol. The number of benzene rings is 1. The Hall–Kier alpha value is -2.45. The quantitative estimate of drug-likeness (QED) is 0.606. The minimum absolute atomic E-state index is 0.0187. The highest BCUT2D eigenvalue weighted by molar-refractivity contribution is 7.22. The van der Waals surface area contributed by atoms with Crippen molar-refractivity contribution in [2.45, 2.75) is 12.8 Å². The maximum atomic E-state index is 12.4. The van der Waals surface area contributed by atoms with Crippen LogP contribution in [0.3, 0.4) is 0 Å². The lowest BCUT2D eigenvalue weighted by atomic mass is 9.96. The first-order valence-electron chi connectivity index (χ1n) is 9.40. The van der Waals surface area contributed by atoms with Gasteiger partial charge in [0.2, 0.25) is 5.91 Å². The number of fused-ring (bicyclic) bond motifs is 1. The Labute approximate surface area is 171 Å². The van der Waals surface area contributed by atoms with E-state index in [2.05, 4.69) is 21.7 Å².